The Morgan fingerprint density at radius 3 is 2.52 bits per heavy atom. The van der Waals surface area contributed by atoms with Crippen LogP contribution in [0.3, 0.4) is 0 Å². The van der Waals surface area contributed by atoms with Crippen molar-refractivity contribution in [1.29, 1.82) is 0 Å². The van der Waals surface area contributed by atoms with E-state index in [0.29, 0.717) is 6.54 Å². The molecular formula is C28H27N3OS. The van der Waals surface area contributed by atoms with E-state index in [1.807, 2.05) is 11.8 Å². The van der Waals surface area contributed by atoms with Crippen molar-refractivity contribution in [2.45, 2.75) is 41.6 Å². The second kappa shape index (κ2) is 7.16. The summed E-state index contributed by atoms with van der Waals surface area (Å²) in [5.74, 6) is 0.0680. The van der Waals surface area contributed by atoms with E-state index in [9.17, 15) is 4.79 Å². The molecule has 3 aliphatic rings. The average Bonchev–Trinajstić information content (AvgIpc) is 3.26. The third-order valence-electron chi connectivity index (χ3n) is 7.36. The summed E-state index contributed by atoms with van der Waals surface area (Å²) in [5, 5.41) is 3.32. The fourth-order valence-corrected chi connectivity index (χ4v) is 6.79. The van der Waals surface area contributed by atoms with E-state index < -0.39 is 5.66 Å². The Bertz CT molecular complexity index is 1310. The van der Waals surface area contributed by atoms with Crippen LogP contribution in [0, 0.1) is 0 Å². The molecule has 0 unspecified atom stereocenters. The Morgan fingerprint density at radius 2 is 1.70 bits per heavy atom. The summed E-state index contributed by atoms with van der Waals surface area (Å²) in [6, 6.07) is 23.7. The lowest BCUT2D eigenvalue weighted by Gasteiger charge is -2.40. The first kappa shape index (κ1) is 20.4. The van der Waals surface area contributed by atoms with E-state index in [4.69, 9.17) is 0 Å². The maximum absolute atomic E-state index is 12.6. The molecule has 1 saturated heterocycles. The molecule has 1 N–H and O–H groups in total. The highest BCUT2D eigenvalue weighted by Crippen LogP contribution is 2.53. The second-order valence-corrected chi connectivity index (χ2v) is 10.5. The van der Waals surface area contributed by atoms with Gasteiger partial charge in [0.15, 0.2) is 0 Å². The van der Waals surface area contributed by atoms with E-state index in [1.165, 1.54) is 26.7 Å². The number of hydrogen-bond donors (Lipinski definition) is 1. The molecule has 0 saturated carbocycles. The predicted octanol–water partition coefficient (Wildman–Crippen LogP) is 5.95. The van der Waals surface area contributed by atoms with Crippen LogP contribution < -0.4 is 15.1 Å². The number of carbonyl (C=O) groups is 1. The highest BCUT2D eigenvalue weighted by atomic mass is 32.2. The number of nitrogens with zero attached hydrogens (tertiary/aromatic N) is 2. The number of anilines is 3. The lowest BCUT2D eigenvalue weighted by molar-refractivity contribution is -0.118. The third kappa shape index (κ3) is 2.81. The van der Waals surface area contributed by atoms with Gasteiger partial charge in [0.05, 0.1) is 17.9 Å². The van der Waals surface area contributed by atoms with Gasteiger partial charge in [-0.1, -0.05) is 68.1 Å². The summed E-state index contributed by atoms with van der Waals surface area (Å²) >= 11 is 1.83. The smallest absolute Gasteiger partial charge is 0.241 e. The van der Waals surface area contributed by atoms with Gasteiger partial charge in [0.1, 0.15) is 5.66 Å². The van der Waals surface area contributed by atoms with Crippen LogP contribution in [0.15, 0.2) is 82.6 Å². The van der Waals surface area contributed by atoms with Gasteiger partial charge in [-0.3, -0.25) is 4.79 Å². The lowest BCUT2D eigenvalue weighted by Crippen LogP contribution is -2.58. The zero-order valence-corrected chi connectivity index (χ0v) is 19.9. The van der Waals surface area contributed by atoms with Gasteiger partial charge in [0, 0.05) is 27.4 Å². The zero-order valence-electron chi connectivity index (χ0n) is 19.1. The number of para-hydroxylation sites is 2. The largest absolute Gasteiger partial charge is 0.340 e. The van der Waals surface area contributed by atoms with Gasteiger partial charge >= 0.3 is 0 Å². The van der Waals surface area contributed by atoms with E-state index in [1.54, 1.807) is 0 Å². The molecule has 166 valence electrons. The predicted molar refractivity (Wildman–Crippen MR) is 136 cm³/mol. The average molecular weight is 454 g/mol. The van der Waals surface area contributed by atoms with Gasteiger partial charge in [-0.05, 0) is 54.5 Å². The number of nitrogens with one attached hydrogen (secondary N) is 1. The number of hydrogen-bond acceptors (Lipinski definition) is 4. The van der Waals surface area contributed by atoms with E-state index >= 15 is 0 Å². The van der Waals surface area contributed by atoms with Crippen LogP contribution >= 0.6 is 11.8 Å². The molecule has 3 aromatic carbocycles. The van der Waals surface area contributed by atoms with Crippen LogP contribution in [-0.4, -0.2) is 24.7 Å². The second-order valence-electron chi connectivity index (χ2n) is 9.42. The van der Waals surface area contributed by atoms with Crippen molar-refractivity contribution < 1.29 is 4.79 Å². The molecular weight excluding hydrogens is 426 g/mol. The van der Waals surface area contributed by atoms with Gasteiger partial charge in [-0.15, -0.1) is 0 Å². The Hall–Kier alpha value is -3.18. The Kier molecular flexibility index (Phi) is 4.43. The molecule has 5 heteroatoms. The molecule has 0 radical (unpaired) electrons. The number of benzene rings is 3. The minimum atomic E-state index is -0.571. The maximum atomic E-state index is 12.6. The van der Waals surface area contributed by atoms with Crippen molar-refractivity contribution in [1.82, 2.24) is 5.32 Å². The number of fused-ring (bicyclic) bond motifs is 5. The van der Waals surface area contributed by atoms with Crippen LogP contribution in [0.25, 0.3) is 6.08 Å². The summed E-state index contributed by atoms with van der Waals surface area (Å²) in [4.78, 5) is 19.7. The zero-order chi connectivity index (χ0) is 22.8. The first-order valence-corrected chi connectivity index (χ1v) is 12.3. The first-order chi connectivity index (χ1) is 15.9. The molecule has 33 heavy (non-hydrogen) atoms. The maximum Gasteiger partial charge on any atom is 0.241 e. The van der Waals surface area contributed by atoms with Crippen LogP contribution in [0.2, 0.25) is 0 Å². The third-order valence-corrected chi connectivity index (χ3v) is 8.47. The number of carbonyl (C=O) groups excluding carboxylic acids is 1. The fourth-order valence-electron chi connectivity index (χ4n) is 5.65. The normalized spacial score (nSPS) is 22.1. The van der Waals surface area contributed by atoms with Gasteiger partial charge in [0.25, 0.3) is 0 Å². The first-order valence-electron chi connectivity index (χ1n) is 11.5. The van der Waals surface area contributed by atoms with Gasteiger partial charge < -0.3 is 15.1 Å². The van der Waals surface area contributed by atoms with Crippen molar-refractivity contribution in [2.75, 3.05) is 22.9 Å². The van der Waals surface area contributed by atoms with Crippen molar-refractivity contribution in [3.05, 3.63) is 83.9 Å². The number of rotatable bonds is 3. The summed E-state index contributed by atoms with van der Waals surface area (Å²) in [7, 11) is 0. The molecule has 3 heterocycles. The highest BCUT2D eigenvalue weighted by Gasteiger charge is 2.59. The Morgan fingerprint density at radius 1 is 0.970 bits per heavy atom. The quantitative estimate of drug-likeness (QED) is 0.532. The summed E-state index contributed by atoms with van der Waals surface area (Å²) in [5.41, 5.74) is 5.24. The molecule has 1 fully saturated rings. The molecule has 6 rings (SSSR count). The van der Waals surface area contributed by atoms with E-state index in [0.717, 1.165) is 17.8 Å². The number of amides is 1. The van der Waals surface area contributed by atoms with Crippen LogP contribution in [0.4, 0.5) is 17.1 Å². The van der Waals surface area contributed by atoms with Crippen LogP contribution in [0.5, 0.6) is 0 Å². The lowest BCUT2D eigenvalue weighted by atomic mass is 9.75. The van der Waals surface area contributed by atoms with E-state index in [2.05, 4.69) is 115 Å². The molecule has 3 aromatic rings. The Balaban J connectivity index is 1.39. The molecule has 3 aliphatic heterocycles. The minimum Gasteiger partial charge on any atom is -0.340 e. The standard InChI is InChI=1S/C28H27N3OS/c1-4-30-22-11-7-8-12-24(22)33-25-17-19(13-14-23(25)30)15-16-28-27(2,3)20-9-5-6-10-21(20)31(28)18-26(32)29-28/h5-17H,4,18H2,1-3H3,(H,29,32)/b16-15+/t28-/m0/s1. The van der Waals surface area contributed by atoms with Crippen molar-refractivity contribution in [3.63, 3.8) is 0 Å². The van der Waals surface area contributed by atoms with Crippen molar-refractivity contribution >= 4 is 40.8 Å². The monoisotopic (exact) mass is 453 g/mol. The van der Waals surface area contributed by atoms with Crippen LogP contribution in [0.1, 0.15) is 31.9 Å². The minimum absolute atomic E-state index is 0.0680. The fraction of sp³-hybridized carbons (Fsp3) is 0.250. The van der Waals surface area contributed by atoms with Crippen LogP contribution in [-0.2, 0) is 10.2 Å². The summed E-state index contributed by atoms with van der Waals surface area (Å²) < 4.78 is 0. The van der Waals surface area contributed by atoms with Gasteiger partial charge in [-0.2, -0.15) is 0 Å². The molecule has 1 amide bonds. The molecule has 0 bridgehead atoms. The molecule has 0 aliphatic carbocycles. The molecule has 0 spiro atoms. The topological polar surface area (TPSA) is 35.6 Å². The molecule has 0 aromatic heterocycles. The Labute approximate surface area is 199 Å². The van der Waals surface area contributed by atoms with Crippen molar-refractivity contribution in [3.8, 4) is 0 Å². The SMILES string of the molecule is CCN1c2ccccc2Sc2cc(/C=C/[C@]34NC(=O)CN3c3ccccc3C4(C)C)ccc21. The molecule has 4 nitrogen and oxygen atoms in total. The van der Waals surface area contributed by atoms with Gasteiger partial charge in [0.2, 0.25) is 5.91 Å². The van der Waals surface area contributed by atoms with Gasteiger partial charge in [-0.25, -0.2) is 0 Å². The van der Waals surface area contributed by atoms with Crippen molar-refractivity contribution in [2.24, 2.45) is 0 Å². The summed E-state index contributed by atoms with van der Waals surface area (Å²) in [6.07, 6.45) is 4.36. The summed E-state index contributed by atoms with van der Waals surface area (Å²) in [6.45, 7) is 7.95. The molecule has 1 atom stereocenters. The van der Waals surface area contributed by atoms with E-state index in [-0.39, 0.29) is 11.3 Å². The highest BCUT2D eigenvalue weighted by molar-refractivity contribution is 7.99.